The van der Waals surface area contributed by atoms with Crippen LogP contribution in [0.3, 0.4) is 0 Å². The topological polar surface area (TPSA) is 123 Å². The molecule has 10 heteroatoms. The van der Waals surface area contributed by atoms with Crippen molar-refractivity contribution in [3.05, 3.63) is 84.4 Å². The molecule has 0 spiro atoms. The zero-order valence-corrected chi connectivity index (χ0v) is 24.2. The van der Waals surface area contributed by atoms with Crippen molar-refractivity contribution in [3.8, 4) is 33.9 Å². The average Bonchev–Trinajstić information content (AvgIpc) is 3.43. The van der Waals surface area contributed by atoms with Crippen molar-refractivity contribution in [2.24, 2.45) is 0 Å². The predicted octanol–water partition coefficient (Wildman–Crippen LogP) is 6.32. The van der Waals surface area contributed by atoms with Crippen LogP contribution in [0.1, 0.15) is 39.0 Å². The van der Waals surface area contributed by atoms with Crippen molar-refractivity contribution in [1.82, 2.24) is 29.8 Å². The number of rotatable bonds is 7. The van der Waals surface area contributed by atoms with Gasteiger partial charge in [0, 0.05) is 47.7 Å². The first-order valence-electron chi connectivity index (χ1n) is 13.5. The van der Waals surface area contributed by atoms with E-state index in [-0.39, 0.29) is 13.3 Å². The van der Waals surface area contributed by atoms with E-state index in [1.54, 1.807) is 33.2 Å². The number of pyridine rings is 2. The lowest BCUT2D eigenvalue weighted by Crippen LogP contribution is -2.38. The number of H-pyrrole nitrogens is 1. The van der Waals surface area contributed by atoms with Crippen molar-refractivity contribution in [1.29, 1.82) is 0 Å². The SMILES string of the molecule is CC(=O)OCN(Cc1cccc(-c2cncc(-c3nc(-c4cccc(C)n4)nc4[nH]ccc34)c2)c1)C(=O)OC(C)(C)C. The highest BCUT2D eigenvalue weighted by molar-refractivity contribution is 5.92. The Morgan fingerprint density at radius 3 is 2.48 bits per heavy atom. The molecule has 10 nitrogen and oxygen atoms in total. The van der Waals surface area contributed by atoms with Crippen molar-refractivity contribution in [2.45, 2.75) is 46.8 Å². The molecule has 0 aliphatic carbocycles. The first kappa shape index (κ1) is 28.4. The normalized spacial score (nSPS) is 11.4. The first-order valence-corrected chi connectivity index (χ1v) is 13.5. The standard InChI is InChI=1S/C32H32N6O4/c1-20-8-6-11-27(35-20)30-36-28(26-12-13-34-29(26)37-30)25-15-24(16-33-17-25)23-10-7-9-22(14-23)18-38(19-41-21(2)39)31(40)42-32(3,4)5/h6-17H,18-19H2,1-5H3,(H,34,36,37). The van der Waals surface area contributed by atoms with E-state index in [0.29, 0.717) is 17.2 Å². The van der Waals surface area contributed by atoms with Gasteiger partial charge in [-0.05, 0) is 69.2 Å². The molecule has 0 saturated carbocycles. The third kappa shape index (κ3) is 6.77. The highest BCUT2D eigenvalue weighted by Gasteiger charge is 2.23. The number of fused-ring (bicyclic) bond motifs is 1. The van der Waals surface area contributed by atoms with Crippen LogP contribution in [-0.2, 0) is 20.8 Å². The van der Waals surface area contributed by atoms with E-state index in [9.17, 15) is 9.59 Å². The molecule has 4 aromatic heterocycles. The molecule has 1 amide bonds. The highest BCUT2D eigenvalue weighted by atomic mass is 16.6. The van der Waals surface area contributed by atoms with Crippen LogP contribution < -0.4 is 0 Å². The molecule has 0 atom stereocenters. The molecule has 4 heterocycles. The van der Waals surface area contributed by atoms with Gasteiger partial charge >= 0.3 is 12.1 Å². The number of nitrogens with one attached hydrogen (secondary N) is 1. The lowest BCUT2D eigenvalue weighted by molar-refractivity contribution is -0.145. The van der Waals surface area contributed by atoms with Crippen LogP contribution >= 0.6 is 0 Å². The number of aryl methyl sites for hydroxylation is 1. The minimum atomic E-state index is -0.694. The van der Waals surface area contributed by atoms with E-state index in [1.807, 2.05) is 67.7 Å². The van der Waals surface area contributed by atoms with Crippen LogP contribution in [0.5, 0.6) is 0 Å². The Balaban J connectivity index is 1.47. The molecule has 1 N–H and O–H groups in total. The van der Waals surface area contributed by atoms with Crippen LogP contribution in [0.2, 0.25) is 0 Å². The zero-order chi connectivity index (χ0) is 29.9. The van der Waals surface area contributed by atoms with E-state index in [2.05, 4.69) is 15.0 Å². The molecule has 0 aliphatic rings. The Kier molecular flexibility index (Phi) is 7.97. The summed E-state index contributed by atoms with van der Waals surface area (Å²) in [5.41, 5.74) is 5.75. The molecule has 0 radical (unpaired) electrons. The second-order valence-electron chi connectivity index (χ2n) is 10.9. The van der Waals surface area contributed by atoms with Crippen molar-refractivity contribution < 1.29 is 19.1 Å². The van der Waals surface area contributed by atoms with Crippen molar-refractivity contribution in [3.63, 3.8) is 0 Å². The highest BCUT2D eigenvalue weighted by Crippen LogP contribution is 2.31. The van der Waals surface area contributed by atoms with E-state index in [1.165, 1.54) is 11.8 Å². The third-order valence-electron chi connectivity index (χ3n) is 6.25. The molecule has 0 aliphatic heterocycles. The quantitative estimate of drug-likeness (QED) is 0.180. The summed E-state index contributed by atoms with van der Waals surface area (Å²) in [7, 11) is 0. The number of carbonyl (C=O) groups is 2. The van der Waals surface area contributed by atoms with Gasteiger partial charge in [-0.25, -0.2) is 19.7 Å². The molecular weight excluding hydrogens is 532 g/mol. The fourth-order valence-electron chi connectivity index (χ4n) is 4.40. The molecule has 1 aromatic carbocycles. The van der Waals surface area contributed by atoms with Gasteiger partial charge in [-0.3, -0.25) is 14.7 Å². The van der Waals surface area contributed by atoms with Crippen LogP contribution in [0.25, 0.3) is 44.9 Å². The van der Waals surface area contributed by atoms with Gasteiger partial charge in [0.2, 0.25) is 0 Å². The van der Waals surface area contributed by atoms with Crippen LogP contribution in [0.15, 0.2) is 73.2 Å². The number of hydrogen-bond donors (Lipinski definition) is 1. The van der Waals surface area contributed by atoms with Gasteiger partial charge in [0.25, 0.3) is 0 Å². The summed E-state index contributed by atoms with van der Waals surface area (Å²) in [6.07, 6.45) is 4.82. The number of benzene rings is 1. The van der Waals surface area contributed by atoms with Gasteiger partial charge in [-0.15, -0.1) is 0 Å². The van der Waals surface area contributed by atoms with Gasteiger partial charge < -0.3 is 14.5 Å². The Morgan fingerprint density at radius 1 is 0.929 bits per heavy atom. The molecule has 5 aromatic rings. The number of nitrogens with zero attached hydrogens (tertiary/aromatic N) is 5. The minimum Gasteiger partial charge on any atom is -0.444 e. The number of aromatic nitrogens is 5. The fourth-order valence-corrected chi connectivity index (χ4v) is 4.40. The van der Waals surface area contributed by atoms with Crippen LogP contribution in [0.4, 0.5) is 4.79 Å². The Bertz CT molecular complexity index is 1760. The van der Waals surface area contributed by atoms with Gasteiger partial charge in [0.1, 0.15) is 16.9 Å². The summed E-state index contributed by atoms with van der Waals surface area (Å²) in [5.74, 6) is 0.0360. The fraction of sp³-hybridized carbons (Fsp3) is 0.250. The number of aromatic amines is 1. The number of ether oxygens (including phenoxy) is 2. The molecule has 0 bridgehead atoms. The summed E-state index contributed by atoms with van der Waals surface area (Å²) < 4.78 is 10.7. The predicted molar refractivity (Wildman–Crippen MR) is 159 cm³/mol. The van der Waals surface area contributed by atoms with Crippen molar-refractivity contribution >= 4 is 23.1 Å². The van der Waals surface area contributed by atoms with E-state index in [0.717, 1.165) is 39.0 Å². The minimum absolute atomic E-state index is 0.186. The van der Waals surface area contributed by atoms with Gasteiger partial charge in [0.15, 0.2) is 12.6 Å². The second-order valence-corrected chi connectivity index (χ2v) is 10.9. The average molecular weight is 565 g/mol. The lowest BCUT2D eigenvalue weighted by atomic mass is 10.0. The summed E-state index contributed by atoms with van der Waals surface area (Å²) in [5, 5.41) is 0.873. The first-order chi connectivity index (χ1) is 20.1. The number of hydrogen-bond acceptors (Lipinski definition) is 8. The monoisotopic (exact) mass is 564 g/mol. The largest absolute Gasteiger partial charge is 0.444 e. The van der Waals surface area contributed by atoms with E-state index >= 15 is 0 Å². The van der Waals surface area contributed by atoms with E-state index in [4.69, 9.17) is 19.4 Å². The molecule has 5 rings (SSSR count). The number of esters is 1. The third-order valence-corrected chi connectivity index (χ3v) is 6.25. The summed E-state index contributed by atoms with van der Waals surface area (Å²) in [4.78, 5) is 47.6. The van der Waals surface area contributed by atoms with Crippen LogP contribution in [0, 0.1) is 6.92 Å². The van der Waals surface area contributed by atoms with Crippen molar-refractivity contribution in [2.75, 3.05) is 6.73 Å². The molecule has 0 fully saturated rings. The smallest absolute Gasteiger partial charge is 0.413 e. The summed E-state index contributed by atoms with van der Waals surface area (Å²) >= 11 is 0. The van der Waals surface area contributed by atoms with Gasteiger partial charge in [0.05, 0.1) is 12.2 Å². The lowest BCUT2D eigenvalue weighted by Gasteiger charge is -2.27. The summed E-state index contributed by atoms with van der Waals surface area (Å²) in [6.45, 7) is 8.56. The molecule has 42 heavy (non-hydrogen) atoms. The maximum absolute atomic E-state index is 12.8. The Hall–Kier alpha value is -5.12. The maximum atomic E-state index is 12.8. The molecular formula is C32H32N6O4. The molecule has 214 valence electrons. The molecule has 0 saturated heterocycles. The Labute approximate surface area is 243 Å². The second kappa shape index (κ2) is 11.8. The zero-order valence-electron chi connectivity index (χ0n) is 24.2. The maximum Gasteiger partial charge on any atom is 0.413 e. The Morgan fingerprint density at radius 2 is 1.71 bits per heavy atom. The van der Waals surface area contributed by atoms with Gasteiger partial charge in [-0.2, -0.15) is 0 Å². The molecule has 0 unspecified atom stereocenters. The summed E-state index contributed by atoms with van der Waals surface area (Å²) in [6, 6.07) is 17.5. The van der Waals surface area contributed by atoms with E-state index < -0.39 is 17.7 Å². The van der Waals surface area contributed by atoms with Crippen LogP contribution in [-0.4, -0.2) is 54.2 Å². The number of carbonyl (C=O) groups excluding carboxylic acids is 2. The number of amides is 1. The van der Waals surface area contributed by atoms with Gasteiger partial charge in [-0.1, -0.05) is 24.3 Å².